The molecule has 2 heterocycles. The molecule has 8 nitrogen and oxygen atoms in total. The number of cyclic esters (lactones) is 1. The van der Waals surface area contributed by atoms with Crippen molar-refractivity contribution in [3.8, 4) is 11.5 Å². The van der Waals surface area contributed by atoms with Gasteiger partial charge in [-0.1, -0.05) is 18.6 Å². The van der Waals surface area contributed by atoms with Crippen LogP contribution in [-0.4, -0.2) is 53.9 Å². The van der Waals surface area contributed by atoms with E-state index in [0.29, 0.717) is 31.8 Å². The lowest BCUT2D eigenvalue weighted by Gasteiger charge is -2.31. The molecule has 1 saturated heterocycles. The highest BCUT2D eigenvalue weighted by Crippen LogP contribution is 2.33. The third-order valence-electron chi connectivity index (χ3n) is 6.84. The summed E-state index contributed by atoms with van der Waals surface area (Å²) in [6.07, 6.45) is 5.17. The van der Waals surface area contributed by atoms with E-state index in [1.54, 1.807) is 12.1 Å². The number of aromatic nitrogens is 1. The van der Waals surface area contributed by atoms with Gasteiger partial charge in [0.1, 0.15) is 18.0 Å². The predicted octanol–water partition coefficient (Wildman–Crippen LogP) is 3.80. The van der Waals surface area contributed by atoms with Gasteiger partial charge in [-0.3, -0.25) is 4.79 Å². The van der Waals surface area contributed by atoms with E-state index in [1.807, 2.05) is 6.92 Å². The summed E-state index contributed by atoms with van der Waals surface area (Å²) in [5.41, 5.74) is 0.763. The van der Waals surface area contributed by atoms with Crippen molar-refractivity contribution in [3.63, 3.8) is 0 Å². The fourth-order valence-electron chi connectivity index (χ4n) is 4.65. The van der Waals surface area contributed by atoms with Crippen LogP contribution in [0.5, 0.6) is 11.5 Å². The zero-order valence-corrected chi connectivity index (χ0v) is 20.6. The van der Waals surface area contributed by atoms with E-state index in [2.05, 4.69) is 10.3 Å². The summed E-state index contributed by atoms with van der Waals surface area (Å²) in [5, 5.41) is 12.9. The molecule has 1 aromatic heterocycles. The summed E-state index contributed by atoms with van der Waals surface area (Å²) in [4.78, 5) is 29.8. The molecular weight excluding hydrogens is 467 g/mol. The summed E-state index contributed by atoms with van der Waals surface area (Å²) in [6, 6.07) is 6.97. The lowest BCUT2D eigenvalue weighted by molar-refractivity contribution is -0.161. The monoisotopic (exact) mass is 500 g/mol. The predicted molar refractivity (Wildman–Crippen MR) is 129 cm³/mol. The molecule has 4 unspecified atom stereocenters. The van der Waals surface area contributed by atoms with Gasteiger partial charge in [-0.2, -0.15) is 0 Å². The number of carbonyl (C=O) groups excluding carboxylic acids is 2. The highest BCUT2D eigenvalue weighted by Gasteiger charge is 2.36. The van der Waals surface area contributed by atoms with E-state index >= 15 is 0 Å². The second-order valence-corrected chi connectivity index (χ2v) is 9.64. The van der Waals surface area contributed by atoms with E-state index in [9.17, 15) is 19.1 Å². The molecule has 194 valence electrons. The average molecular weight is 501 g/mol. The minimum Gasteiger partial charge on any atom is -0.503 e. The second kappa shape index (κ2) is 11.7. The standard InChI is InChI=1S/C27H33FN2O6/c1-16-25(35-15-18-6-7-18)19(14-17-8-10-20(28)11-9-17)4-3-5-21(27(33)36-16)30-26(32)23-24(31)22(34-2)12-13-29-23/h8-13,16,18-19,21,25,31H,3-7,14-15H2,1-2H3,(H,30,32). The molecule has 4 atom stereocenters. The molecule has 9 heteroatoms. The molecule has 36 heavy (non-hydrogen) atoms. The van der Waals surface area contributed by atoms with E-state index in [1.165, 1.54) is 31.5 Å². The maximum absolute atomic E-state index is 13.4. The van der Waals surface area contributed by atoms with Gasteiger partial charge < -0.3 is 24.6 Å². The van der Waals surface area contributed by atoms with Gasteiger partial charge in [-0.05, 0) is 68.6 Å². The first kappa shape index (κ1) is 25.9. The highest BCUT2D eigenvalue weighted by molar-refractivity contribution is 5.97. The number of amides is 1. The van der Waals surface area contributed by atoms with Crippen molar-refractivity contribution in [3.05, 3.63) is 53.6 Å². The Bertz CT molecular complexity index is 1060. The van der Waals surface area contributed by atoms with Crippen LogP contribution in [0.15, 0.2) is 36.5 Å². The Morgan fingerprint density at radius 2 is 1.94 bits per heavy atom. The van der Waals surface area contributed by atoms with Crippen molar-refractivity contribution in [2.75, 3.05) is 13.7 Å². The zero-order valence-electron chi connectivity index (χ0n) is 20.6. The van der Waals surface area contributed by atoms with Gasteiger partial charge in [-0.15, -0.1) is 0 Å². The number of aromatic hydroxyl groups is 1. The number of methoxy groups -OCH3 is 1. The zero-order chi connectivity index (χ0) is 25.7. The van der Waals surface area contributed by atoms with Crippen LogP contribution < -0.4 is 10.1 Å². The summed E-state index contributed by atoms with van der Waals surface area (Å²) in [5.74, 6) is -1.22. The molecule has 2 fully saturated rings. The molecule has 2 aliphatic rings. The Balaban J connectivity index is 1.49. The fraction of sp³-hybridized carbons (Fsp3) is 0.519. The molecule has 0 spiro atoms. The van der Waals surface area contributed by atoms with Gasteiger partial charge in [-0.25, -0.2) is 14.2 Å². The Morgan fingerprint density at radius 3 is 2.64 bits per heavy atom. The summed E-state index contributed by atoms with van der Waals surface area (Å²) < 4.78 is 30.6. The molecule has 1 aliphatic heterocycles. The molecule has 2 aromatic rings. The van der Waals surface area contributed by atoms with Crippen LogP contribution in [0.25, 0.3) is 0 Å². The first-order chi connectivity index (χ1) is 17.4. The Kier molecular flexibility index (Phi) is 8.40. The second-order valence-electron chi connectivity index (χ2n) is 9.64. The average Bonchev–Trinajstić information content (AvgIpc) is 3.68. The summed E-state index contributed by atoms with van der Waals surface area (Å²) >= 11 is 0. The van der Waals surface area contributed by atoms with E-state index in [4.69, 9.17) is 14.2 Å². The van der Waals surface area contributed by atoms with Crippen LogP contribution in [-0.2, 0) is 20.7 Å². The number of hydrogen-bond donors (Lipinski definition) is 2. The van der Waals surface area contributed by atoms with Crippen molar-refractivity contribution in [1.82, 2.24) is 10.3 Å². The first-order valence-electron chi connectivity index (χ1n) is 12.4. The molecule has 0 radical (unpaired) electrons. The Hall–Kier alpha value is -3.20. The number of nitrogens with zero attached hydrogens (tertiary/aromatic N) is 1. The van der Waals surface area contributed by atoms with Crippen LogP contribution in [0.4, 0.5) is 4.39 Å². The van der Waals surface area contributed by atoms with Gasteiger partial charge in [0, 0.05) is 18.9 Å². The lowest BCUT2D eigenvalue weighted by Crippen LogP contribution is -2.44. The third kappa shape index (κ3) is 6.51. The van der Waals surface area contributed by atoms with Gasteiger partial charge in [0.25, 0.3) is 5.91 Å². The smallest absolute Gasteiger partial charge is 0.329 e. The van der Waals surface area contributed by atoms with Gasteiger partial charge in [0.05, 0.1) is 13.2 Å². The maximum Gasteiger partial charge on any atom is 0.329 e. The maximum atomic E-state index is 13.4. The molecular formula is C27H33FN2O6. The number of esters is 1. The molecule has 1 saturated carbocycles. The molecule has 0 bridgehead atoms. The molecule has 4 rings (SSSR count). The van der Waals surface area contributed by atoms with Crippen LogP contribution in [0.1, 0.15) is 55.1 Å². The normalized spacial score (nSPS) is 24.7. The minimum absolute atomic E-state index is 0.0514. The van der Waals surface area contributed by atoms with Crippen LogP contribution in [0.2, 0.25) is 0 Å². The number of benzene rings is 1. The third-order valence-corrected chi connectivity index (χ3v) is 6.84. The van der Waals surface area contributed by atoms with Crippen molar-refractivity contribution >= 4 is 11.9 Å². The Morgan fingerprint density at radius 1 is 1.19 bits per heavy atom. The quantitative estimate of drug-likeness (QED) is 0.531. The minimum atomic E-state index is -0.902. The molecule has 1 aromatic carbocycles. The van der Waals surface area contributed by atoms with Crippen LogP contribution >= 0.6 is 0 Å². The fourth-order valence-corrected chi connectivity index (χ4v) is 4.65. The number of nitrogens with one attached hydrogen (secondary N) is 1. The van der Waals surface area contributed by atoms with E-state index < -0.39 is 29.8 Å². The number of pyridine rings is 1. The van der Waals surface area contributed by atoms with Gasteiger partial charge in [0.15, 0.2) is 17.2 Å². The summed E-state index contributed by atoms with van der Waals surface area (Å²) in [7, 11) is 1.37. The Labute approximate surface area is 210 Å². The number of rotatable bonds is 8. The number of halogens is 1. The largest absolute Gasteiger partial charge is 0.503 e. The lowest BCUT2D eigenvalue weighted by atomic mass is 9.86. The van der Waals surface area contributed by atoms with E-state index in [0.717, 1.165) is 24.8 Å². The van der Waals surface area contributed by atoms with Crippen molar-refractivity contribution in [1.29, 1.82) is 0 Å². The number of carbonyl (C=O) groups is 2. The number of ether oxygens (including phenoxy) is 3. The first-order valence-corrected chi connectivity index (χ1v) is 12.4. The van der Waals surface area contributed by atoms with Crippen molar-refractivity contribution in [2.45, 2.75) is 63.7 Å². The van der Waals surface area contributed by atoms with Crippen LogP contribution in [0.3, 0.4) is 0 Å². The van der Waals surface area contributed by atoms with Crippen molar-refractivity contribution in [2.24, 2.45) is 11.8 Å². The molecule has 2 N–H and O–H groups in total. The molecule has 1 aliphatic carbocycles. The van der Waals surface area contributed by atoms with Gasteiger partial charge >= 0.3 is 5.97 Å². The van der Waals surface area contributed by atoms with Crippen molar-refractivity contribution < 1.29 is 33.3 Å². The topological polar surface area (TPSA) is 107 Å². The van der Waals surface area contributed by atoms with E-state index in [-0.39, 0.29) is 29.3 Å². The van der Waals surface area contributed by atoms with Crippen LogP contribution in [0, 0.1) is 17.7 Å². The summed E-state index contributed by atoms with van der Waals surface area (Å²) in [6.45, 7) is 2.43. The molecule has 1 amide bonds. The van der Waals surface area contributed by atoms with Gasteiger partial charge in [0.2, 0.25) is 0 Å². The SMILES string of the molecule is COc1ccnc(C(=O)NC2CCCC(Cc3ccc(F)cc3)C(OCC3CC3)C(C)OC2=O)c1O. The number of hydrogen-bond acceptors (Lipinski definition) is 7. The highest BCUT2D eigenvalue weighted by atomic mass is 19.1.